The van der Waals surface area contributed by atoms with E-state index in [2.05, 4.69) is 11.1 Å². The average molecular weight is 250 g/mol. The van der Waals surface area contributed by atoms with Gasteiger partial charge in [-0.2, -0.15) is 0 Å². The molecule has 1 heterocycles. The number of halogens is 1. The fourth-order valence-electron chi connectivity index (χ4n) is 2.35. The summed E-state index contributed by atoms with van der Waals surface area (Å²) >= 11 is 0. The van der Waals surface area contributed by atoms with Crippen molar-refractivity contribution in [3.05, 3.63) is 65.6 Å². The van der Waals surface area contributed by atoms with E-state index >= 15 is 0 Å². The predicted octanol–water partition coefficient (Wildman–Crippen LogP) is 4.46. The summed E-state index contributed by atoms with van der Waals surface area (Å²) < 4.78 is 13.9. The molecular formula is C17H13FN. The summed E-state index contributed by atoms with van der Waals surface area (Å²) in [5.41, 5.74) is 4.52. The highest BCUT2D eigenvalue weighted by atomic mass is 19.1. The van der Waals surface area contributed by atoms with Gasteiger partial charge in [-0.3, -0.25) is 4.98 Å². The van der Waals surface area contributed by atoms with Crippen LogP contribution in [0.15, 0.2) is 42.6 Å². The molecule has 1 aromatic heterocycles. The molecule has 3 rings (SSSR count). The normalized spacial score (nSPS) is 10.9. The molecule has 93 valence electrons. The van der Waals surface area contributed by atoms with Gasteiger partial charge in [-0.25, -0.2) is 4.39 Å². The summed E-state index contributed by atoms with van der Waals surface area (Å²) in [5, 5.41) is 1.06. The van der Waals surface area contributed by atoms with Crippen molar-refractivity contribution in [3.8, 4) is 11.1 Å². The number of pyridine rings is 1. The Morgan fingerprint density at radius 3 is 2.74 bits per heavy atom. The summed E-state index contributed by atoms with van der Waals surface area (Å²) in [4.78, 5) is 4.39. The topological polar surface area (TPSA) is 12.9 Å². The predicted molar refractivity (Wildman–Crippen MR) is 75.4 cm³/mol. The zero-order chi connectivity index (χ0) is 13.4. The Bertz CT molecular complexity index is 762. The van der Waals surface area contributed by atoms with Gasteiger partial charge >= 0.3 is 0 Å². The zero-order valence-corrected chi connectivity index (χ0v) is 10.9. The van der Waals surface area contributed by atoms with Gasteiger partial charge in [-0.1, -0.05) is 12.1 Å². The zero-order valence-electron chi connectivity index (χ0n) is 10.9. The highest BCUT2D eigenvalue weighted by molar-refractivity contribution is 5.89. The molecule has 0 saturated heterocycles. The van der Waals surface area contributed by atoms with Crippen molar-refractivity contribution in [1.82, 2.24) is 4.98 Å². The van der Waals surface area contributed by atoms with Gasteiger partial charge < -0.3 is 0 Å². The second kappa shape index (κ2) is 4.47. The van der Waals surface area contributed by atoms with Crippen molar-refractivity contribution in [1.29, 1.82) is 0 Å². The lowest BCUT2D eigenvalue weighted by molar-refractivity contribution is 0.631. The molecule has 3 aromatic rings. The van der Waals surface area contributed by atoms with Crippen LogP contribution in [0, 0.1) is 25.7 Å². The first kappa shape index (κ1) is 11.8. The summed E-state index contributed by atoms with van der Waals surface area (Å²) in [5.74, 6) is -0.247. The molecule has 0 amide bonds. The Kier molecular flexibility index (Phi) is 2.79. The van der Waals surface area contributed by atoms with Crippen LogP contribution in [0.25, 0.3) is 22.0 Å². The van der Waals surface area contributed by atoms with Gasteiger partial charge in [0.1, 0.15) is 5.82 Å². The Morgan fingerprint density at radius 1 is 1.11 bits per heavy atom. The lowest BCUT2D eigenvalue weighted by Crippen LogP contribution is -1.90. The molecule has 0 aliphatic heterocycles. The maximum absolute atomic E-state index is 13.9. The number of rotatable bonds is 1. The first-order valence-corrected chi connectivity index (χ1v) is 6.19. The largest absolute Gasteiger partial charge is 0.256 e. The van der Waals surface area contributed by atoms with Crippen LogP contribution >= 0.6 is 0 Å². The monoisotopic (exact) mass is 250 g/mol. The minimum absolute atomic E-state index is 0.247. The van der Waals surface area contributed by atoms with Gasteiger partial charge in [0.2, 0.25) is 0 Å². The average Bonchev–Trinajstić information content (AvgIpc) is 2.40. The van der Waals surface area contributed by atoms with Gasteiger partial charge in [0.15, 0.2) is 0 Å². The Morgan fingerprint density at radius 2 is 1.95 bits per heavy atom. The van der Waals surface area contributed by atoms with Crippen molar-refractivity contribution < 1.29 is 4.39 Å². The van der Waals surface area contributed by atoms with E-state index in [1.54, 1.807) is 18.3 Å². The van der Waals surface area contributed by atoms with Crippen molar-refractivity contribution in [2.45, 2.75) is 13.8 Å². The standard InChI is InChI=1S/C17H13FN/c1-11-7-8-19-17-12(2)9-13(10-15(11)17)14-5-3-4-6-16(14)18/h3-4,6-10H,1-2H3. The van der Waals surface area contributed by atoms with Crippen molar-refractivity contribution in [2.24, 2.45) is 0 Å². The highest BCUT2D eigenvalue weighted by Crippen LogP contribution is 2.29. The SMILES string of the molecule is Cc1ccnc2c(C)cc(-c3[c]cccc3F)cc12. The first-order valence-electron chi connectivity index (χ1n) is 6.19. The van der Waals surface area contributed by atoms with Gasteiger partial charge in [0, 0.05) is 17.1 Å². The third kappa shape index (κ3) is 1.99. The van der Waals surface area contributed by atoms with Crippen molar-refractivity contribution in [3.63, 3.8) is 0 Å². The number of hydrogen-bond acceptors (Lipinski definition) is 1. The summed E-state index contributed by atoms with van der Waals surface area (Å²) in [6.07, 6.45) is 1.81. The summed E-state index contributed by atoms with van der Waals surface area (Å²) in [6, 6.07) is 13.7. The van der Waals surface area contributed by atoms with Crippen LogP contribution in [0.4, 0.5) is 4.39 Å². The molecule has 2 heteroatoms. The minimum atomic E-state index is -0.247. The molecule has 1 radical (unpaired) electrons. The van der Waals surface area contributed by atoms with Gasteiger partial charge in [0.25, 0.3) is 0 Å². The van der Waals surface area contributed by atoms with Crippen LogP contribution in [0.3, 0.4) is 0 Å². The maximum Gasteiger partial charge on any atom is 0.131 e. The van der Waals surface area contributed by atoms with Crippen molar-refractivity contribution in [2.75, 3.05) is 0 Å². The smallest absolute Gasteiger partial charge is 0.131 e. The number of aromatic nitrogens is 1. The molecule has 0 unspecified atom stereocenters. The number of hydrogen-bond donors (Lipinski definition) is 0. The second-order valence-electron chi connectivity index (χ2n) is 4.71. The third-order valence-corrected chi connectivity index (χ3v) is 3.35. The van der Waals surface area contributed by atoms with Crippen LogP contribution in [-0.2, 0) is 0 Å². The van der Waals surface area contributed by atoms with E-state index in [-0.39, 0.29) is 5.82 Å². The molecule has 0 spiro atoms. The Balaban J connectivity index is 2.33. The van der Waals surface area contributed by atoms with Gasteiger partial charge in [0.05, 0.1) is 5.52 Å². The number of nitrogens with zero attached hydrogens (tertiary/aromatic N) is 1. The van der Waals surface area contributed by atoms with Crippen LogP contribution in [-0.4, -0.2) is 4.98 Å². The number of benzene rings is 2. The Labute approximate surface area is 111 Å². The van der Waals surface area contributed by atoms with E-state index in [1.165, 1.54) is 6.07 Å². The van der Waals surface area contributed by atoms with Crippen LogP contribution in [0.1, 0.15) is 11.1 Å². The Hall–Kier alpha value is -2.22. The molecular weight excluding hydrogens is 237 g/mol. The van der Waals surface area contributed by atoms with E-state index in [0.29, 0.717) is 5.56 Å². The molecule has 0 atom stereocenters. The van der Waals surface area contributed by atoms with Crippen LogP contribution in [0.5, 0.6) is 0 Å². The summed E-state index contributed by atoms with van der Waals surface area (Å²) in [6.45, 7) is 4.04. The van der Waals surface area contributed by atoms with Gasteiger partial charge in [-0.15, -0.1) is 0 Å². The highest BCUT2D eigenvalue weighted by Gasteiger charge is 2.09. The number of aryl methyl sites for hydroxylation is 2. The molecule has 0 bridgehead atoms. The number of fused-ring (bicyclic) bond motifs is 1. The fraction of sp³-hybridized carbons (Fsp3) is 0.118. The van der Waals surface area contributed by atoms with Crippen LogP contribution < -0.4 is 0 Å². The van der Waals surface area contributed by atoms with E-state index in [4.69, 9.17) is 0 Å². The summed E-state index contributed by atoms with van der Waals surface area (Å²) in [7, 11) is 0. The molecule has 0 aliphatic rings. The lowest BCUT2D eigenvalue weighted by Gasteiger charge is -2.09. The second-order valence-corrected chi connectivity index (χ2v) is 4.71. The molecule has 0 aliphatic carbocycles. The minimum Gasteiger partial charge on any atom is -0.256 e. The molecule has 0 saturated carbocycles. The maximum atomic E-state index is 13.9. The van der Waals surface area contributed by atoms with E-state index in [0.717, 1.165) is 27.6 Å². The van der Waals surface area contributed by atoms with E-state index < -0.39 is 0 Å². The molecule has 0 fully saturated rings. The van der Waals surface area contributed by atoms with Gasteiger partial charge in [-0.05, 0) is 60.9 Å². The van der Waals surface area contributed by atoms with E-state index in [1.807, 2.05) is 32.0 Å². The van der Waals surface area contributed by atoms with Crippen molar-refractivity contribution >= 4 is 10.9 Å². The fourth-order valence-corrected chi connectivity index (χ4v) is 2.35. The first-order chi connectivity index (χ1) is 9.16. The third-order valence-electron chi connectivity index (χ3n) is 3.35. The quantitative estimate of drug-likeness (QED) is 0.621. The molecule has 2 aromatic carbocycles. The lowest BCUT2D eigenvalue weighted by atomic mass is 9.98. The molecule has 1 nitrogen and oxygen atoms in total. The molecule has 19 heavy (non-hydrogen) atoms. The molecule has 0 N–H and O–H groups in total. The van der Waals surface area contributed by atoms with E-state index in [9.17, 15) is 4.39 Å². The van der Waals surface area contributed by atoms with Crippen LogP contribution in [0.2, 0.25) is 0 Å².